The number of aliphatic hydroxyl groups is 1. The first-order chi connectivity index (χ1) is 8.74. The van der Waals surface area contributed by atoms with Crippen molar-refractivity contribution in [2.24, 2.45) is 0 Å². The highest BCUT2D eigenvalue weighted by molar-refractivity contribution is 6.29. The van der Waals surface area contributed by atoms with E-state index in [1.165, 1.54) is 6.26 Å². The Labute approximate surface area is 110 Å². The van der Waals surface area contributed by atoms with Gasteiger partial charge in [0.25, 0.3) is 0 Å². The highest BCUT2D eigenvalue weighted by atomic mass is 35.5. The molecule has 0 fully saturated rings. The molecular formula is C12H15ClN2O3. The molecule has 6 heteroatoms. The zero-order valence-electron chi connectivity index (χ0n) is 10.0. The highest BCUT2D eigenvalue weighted by Gasteiger charge is 2.19. The fourth-order valence-electron chi connectivity index (χ4n) is 1.78. The van der Waals surface area contributed by atoms with E-state index in [0.29, 0.717) is 24.4 Å². The molecule has 0 saturated carbocycles. The van der Waals surface area contributed by atoms with Gasteiger partial charge in [0.15, 0.2) is 5.22 Å². The molecule has 2 heterocycles. The van der Waals surface area contributed by atoms with Crippen LogP contribution in [0.3, 0.4) is 0 Å². The lowest BCUT2D eigenvalue weighted by Gasteiger charge is -2.12. The molecule has 0 amide bonds. The molecule has 0 aliphatic rings. The Kier molecular flexibility index (Phi) is 4.41. The number of methoxy groups -OCH3 is 1. The smallest absolute Gasteiger partial charge is 0.199 e. The largest absolute Gasteiger partial charge is 0.453 e. The zero-order chi connectivity index (χ0) is 13.0. The van der Waals surface area contributed by atoms with Crippen molar-refractivity contribution in [1.29, 1.82) is 0 Å². The first kappa shape index (κ1) is 13.1. The molecule has 0 radical (unpaired) electrons. The standard InChI is InChI=1S/C12H15ClN2O3/c1-17-7-2-6-15-10(3-5-14-15)11(16)9-4-8-18-12(9)13/h3-5,8,11,16H,2,6-7H2,1H3. The van der Waals surface area contributed by atoms with Gasteiger partial charge in [-0.3, -0.25) is 4.68 Å². The van der Waals surface area contributed by atoms with Crippen LogP contribution in [-0.4, -0.2) is 28.6 Å². The van der Waals surface area contributed by atoms with Crippen molar-refractivity contribution < 1.29 is 14.3 Å². The molecule has 0 bridgehead atoms. The molecule has 1 unspecified atom stereocenters. The summed E-state index contributed by atoms with van der Waals surface area (Å²) < 4.78 is 11.7. The second-order valence-corrected chi connectivity index (χ2v) is 4.22. The second kappa shape index (κ2) is 6.04. The van der Waals surface area contributed by atoms with Crippen LogP contribution in [0.2, 0.25) is 5.22 Å². The number of rotatable bonds is 6. The van der Waals surface area contributed by atoms with Crippen molar-refractivity contribution in [2.75, 3.05) is 13.7 Å². The van der Waals surface area contributed by atoms with E-state index < -0.39 is 6.10 Å². The summed E-state index contributed by atoms with van der Waals surface area (Å²) in [7, 11) is 1.66. The molecule has 2 rings (SSSR count). The topological polar surface area (TPSA) is 60.4 Å². The average molecular weight is 271 g/mol. The van der Waals surface area contributed by atoms with Gasteiger partial charge >= 0.3 is 0 Å². The summed E-state index contributed by atoms with van der Waals surface area (Å²) in [6.07, 6.45) is 3.10. The molecule has 0 spiro atoms. The average Bonchev–Trinajstić information content (AvgIpc) is 2.97. The van der Waals surface area contributed by atoms with E-state index in [1.807, 2.05) is 0 Å². The first-order valence-corrected chi connectivity index (χ1v) is 6.03. The lowest BCUT2D eigenvalue weighted by Crippen LogP contribution is -2.11. The number of halogens is 1. The predicted molar refractivity (Wildman–Crippen MR) is 66.5 cm³/mol. The highest BCUT2D eigenvalue weighted by Crippen LogP contribution is 2.28. The summed E-state index contributed by atoms with van der Waals surface area (Å²) in [6, 6.07) is 3.42. The minimum atomic E-state index is -0.832. The summed E-state index contributed by atoms with van der Waals surface area (Å²) in [6.45, 7) is 1.34. The molecule has 1 atom stereocenters. The first-order valence-electron chi connectivity index (χ1n) is 5.65. The van der Waals surface area contributed by atoms with E-state index >= 15 is 0 Å². The van der Waals surface area contributed by atoms with Gasteiger partial charge in [0.05, 0.1) is 12.0 Å². The van der Waals surface area contributed by atoms with E-state index in [-0.39, 0.29) is 5.22 Å². The zero-order valence-corrected chi connectivity index (χ0v) is 10.8. The molecule has 0 aromatic carbocycles. The number of furan rings is 1. The van der Waals surface area contributed by atoms with Gasteiger partial charge in [-0.2, -0.15) is 5.10 Å². The molecule has 0 saturated heterocycles. The molecule has 2 aromatic heterocycles. The van der Waals surface area contributed by atoms with Crippen LogP contribution in [0.25, 0.3) is 0 Å². The quantitative estimate of drug-likeness (QED) is 0.818. The minimum Gasteiger partial charge on any atom is -0.453 e. The third kappa shape index (κ3) is 2.75. The Morgan fingerprint density at radius 1 is 1.56 bits per heavy atom. The maximum absolute atomic E-state index is 10.3. The van der Waals surface area contributed by atoms with Gasteiger partial charge in [0, 0.05) is 32.0 Å². The van der Waals surface area contributed by atoms with E-state index in [2.05, 4.69) is 5.10 Å². The number of hydrogen-bond acceptors (Lipinski definition) is 4. The third-order valence-corrected chi connectivity index (χ3v) is 3.00. The van der Waals surface area contributed by atoms with Crippen molar-refractivity contribution in [3.63, 3.8) is 0 Å². The van der Waals surface area contributed by atoms with Crippen LogP contribution in [0.4, 0.5) is 0 Å². The number of nitrogens with zero attached hydrogens (tertiary/aromatic N) is 2. The van der Waals surface area contributed by atoms with E-state index in [1.54, 1.807) is 30.1 Å². The van der Waals surface area contributed by atoms with Crippen LogP contribution >= 0.6 is 11.6 Å². The summed E-state index contributed by atoms with van der Waals surface area (Å²) in [5.74, 6) is 0. The molecular weight excluding hydrogens is 256 g/mol. The SMILES string of the molecule is COCCCn1nccc1C(O)c1ccoc1Cl. The third-order valence-electron chi connectivity index (χ3n) is 2.69. The summed E-state index contributed by atoms with van der Waals surface area (Å²) >= 11 is 5.85. The Hall–Kier alpha value is -1.30. The Balaban J connectivity index is 2.13. The number of aliphatic hydroxyl groups excluding tert-OH is 1. The van der Waals surface area contributed by atoms with Crippen molar-refractivity contribution in [2.45, 2.75) is 19.1 Å². The number of ether oxygens (including phenoxy) is 1. The van der Waals surface area contributed by atoms with Crippen LogP contribution in [0.1, 0.15) is 23.8 Å². The normalized spacial score (nSPS) is 12.8. The van der Waals surface area contributed by atoms with Gasteiger partial charge in [-0.1, -0.05) is 0 Å². The maximum Gasteiger partial charge on any atom is 0.199 e. The fourth-order valence-corrected chi connectivity index (χ4v) is 2.00. The van der Waals surface area contributed by atoms with Gasteiger partial charge in [-0.05, 0) is 30.2 Å². The van der Waals surface area contributed by atoms with Gasteiger partial charge in [0.1, 0.15) is 6.10 Å². The van der Waals surface area contributed by atoms with E-state index in [0.717, 1.165) is 6.42 Å². The van der Waals surface area contributed by atoms with E-state index in [4.69, 9.17) is 20.8 Å². The number of aryl methyl sites for hydroxylation is 1. The summed E-state index contributed by atoms with van der Waals surface area (Å²) in [5, 5.41) is 14.6. The molecule has 18 heavy (non-hydrogen) atoms. The Morgan fingerprint density at radius 3 is 3.06 bits per heavy atom. The fraction of sp³-hybridized carbons (Fsp3) is 0.417. The predicted octanol–water partition coefficient (Wildman–Crippen LogP) is 2.25. The summed E-state index contributed by atoms with van der Waals surface area (Å²) in [5.41, 5.74) is 1.24. The van der Waals surface area contributed by atoms with Crippen molar-refractivity contribution in [3.05, 3.63) is 41.1 Å². The molecule has 0 aliphatic carbocycles. The van der Waals surface area contributed by atoms with Crippen molar-refractivity contribution >= 4 is 11.6 Å². The van der Waals surface area contributed by atoms with Crippen LogP contribution < -0.4 is 0 Å². The number of aromatic nitrogens is 2. The molecule has 1 N–H and O–H groups in total. The van der Waals surface area contributed by atoms with Crippen LogP contribution in [0.5, 0.6) is 0 Å². The molecule has 5 nitrogen and oxygen atoms in total. The second-order valence-electron chi connectivity index (χ2n) is 3.88. The van der Waals surface area contributed by atoms with Crippen LogP contribution in [-0.2, 0) is 11.3 Å². The Bertz CT molecular complexity index is 495. The summed E-state index contributed by atoms with van der Waals surface area (Å²) in [4.78, 5) is 0. The molecule has 0 aliphatic heterocycles. The van der Waals surface area contributed by atoms with Gasteiger partial charge < -0.3 is 14.3 Å². The minimum absolute atomic E-state index is 0.201. The van der Waals surface area contributed by atoms with Gasteiger partial charge in [-0.25, -0.2) is 0 Å². The monoisotopic (exact) mass is 270 g/mol. The van der Waals surface area contributed by atoms with Crippen molar-refractivity contribution in [3.8, 4) is 0 Å². The van der Waals surface area contributed by atoms with Gasteiger partial charge in [-0.15, -0.1) is 0 Å². The van der Waals surface area contributed by atoms with Gasteiger partial charge in [0.2, 0.25) is 0 Å². The lowest BCUT2D eigenvalue weighted by molar-refractivity contribution is 0.182. The maximum atomic E-state index is 10.3. The van der Waals surface area contributed by atoms with Crippen LogP contribution in [0.15, 0.2) is 29.0 Å². The van der Waals surface area contributed by atoms with E-state index in [9.17, 15) is 5.11 Å². The number of hydrogen-bond donors (Lipinski definition) is 1. The van der Waals surface area contributed by atoms with Crippen molar-refractivity contribution in [1.82, 2.24) is 9.78 Å². The molecule has 2 aromatic rings. The Morgan fingerprint density at radius 2 is 2.39 bits per heavy atom. The lowest BCUT2D eigenvalue weighted by atomic mass is 10.1. The van der Waals surface area contributed by atoms with Crippen LogP contribution in [0, 0.1) is 0 Å². The molecule has 98 valence electrons.